The summed E-state index contributed by atoms with van der Waals surface area (Å²) >= 11 is 0. The predicted octanol–water partition coefficient (Wildman–Crippen LogP) is 4.46. The van der Waals surface area contributed by atoms with E-state index in [1.165, 1.54) is 12.8 Å². The summed E-state index contributed by atoms with van der Waals surface area (Å²) in [6.07, 6.45) is 5.34. The quantitative estimate of drug-likeness (QED) is 0.887. The second kappa shape index (κ2) is 5.93. The molecule has 2 aromatic rings. The maximum Gasteiger partial charge on any atom is 0.322 e. The van der Waals surface area contributed by atoms with Crippen molar-refractivity contribution in [2.75, 3.05) is 5.32 Å². The zero-order valence-electron chi connectivity index (χ0n) is 14.2. The predicted molar refractivity (Wildman–Crippen MR) is 95.9 cm³/mol. The molecule has 2 aliphatic heterocycles. The minimum absolute atomic E-state index is 0.0404. The van der Waals surface area contributed by atoms with Crippen LogP contribution in [-0.4, -0.2) is 28.0 Å². The molecule has 0 saturated carbocycles. The fraction of sp³-hybridized carbons (Fsp3) is 0.400. The highest BCUT2D eigenvalue weighted by molar-refractivity contribution is 5.91. The number of fused-ring (bicyclic) bond motifs is 2. The number of hydrogen-bond donors (Lipinski definition) is 1. The van der Waals surface area contributed by atoms with Crippen LogP contribution in [0, 0.1) is 12.8 Å². The third-order valence-electron chi connectivity index (χ3n) is 5.54. The van der Waals surface area contributed by atoms with Crippen LogP contribution in [0.5, 0.6) is 0 Å². The van der Waals surface area contributed by atoms with Gasteiger partial charge in [0, 0.05) is 29.5 Å². The first-order chi connectivity index (χ1) is 11.6. The van der Waals surface area contributed by atoms with Crippen molar-refractivity contribution in [1.82, 2.24) is 9.88 Å². The van der Waals surface area contributed by atoms with Gasteiger partial charge in [0.25, 0.3) is 0 Å². The van der Waals surface area contributed by atoms with Gasteiger partial charge in [0.2, 0.25) is 0 Å². The van der Waals surface area contributed by atoms with Crippen LogP contribution in [0.25, 0.3) is 11.3 Å². The van der Waals surface area contributed by atoms with E-state index in [0.29, 0.717) is 18.0 Å². The van der Waals surface area contributed by atoms with E-state index in [2.05, 4.69) is 29.0 Å². The molecule has 3 heterocycles. The molecule has 4 nitrogen and oxygen atoms in total. The molecule has 24 heavy (non-hydrogen) atoms. The summed E-state index contributed by atoms with van der Waals surface area (Å²) in [5, 5.41) is 3.09. The van der Waals surface area contributed by atoms with Gasteiger partial charge in [-0.25, -0.2) is 4.79 Å². The molecule has 1 aromatic carbocycles. The van der Waals surface area contributed by atoms with Gasteiger partial charge in [-0.1, -0.05) is 19.1 Å². The number of nitrogens with one attached hydrogen (secondary N) is 1. The fourth-order valence-electron chi connectivity index (χ4n) is 4.05. The lowest BCUT2D eigenvalue weighted by Gasteiger charge is -2.55. The monoisotopic (exact) mass is 321 g/mol. The van der Waals surface area contributed by atoms with E-state index in [1.54, 1.807) is 6.20 Å². The van der Waals surface area contributed by atoms with E-state index in [4.69, 9.17) is 0 Å². The molecule has 4 heteroatoms. The van der Waals surface area contributed by atoms with Crippen LogP contribution in [0.3, 0.4) is 0 Å². The number of amides is 2. The summed E-state index contributed by atoms with van der Waals surface area (Å²) in [7, 11) is 0. The van der Waals surface area contributed by atoms with Crippen LogP contribution < -0.4 is 5.32 Å². The van der Waals surface area contributed by atoms with Crippen molar-refractivity contribution in [1.29, 1.82) is 0 Å². The number of urea groups is 1. The van der Waals surface area contributed by atoms with Crippen molar-refractivity contribution < 1.29 is 4.79 Å². The van der Waals surface area contributed by atoms with Crippen LogP contribution in [-0.2, 0) is 0 Å². The van der Waals surface area contributed by atoms with Crippen molar-refractivity contribution in [2.24, 2.45) is 5.92 Å². The number of carbonyl (C=O) groups is 1. The van der Waals surface area contributed by atoms with Crippen LogP contribution in [0.4, 0.5) is 10.5 Å². The Morgan fingerprint density at radius 3 is 2.83 bits per heavy atom. The Bertz CT molecular complexity index is 757. The molecule has 3 atom stereocenters. The number of rotatable bonds is 2. The van der Waals surface area contributed by atoms with E-state index >= 15 is 0 Å². The van der Waals surface area contributed by atoms with Gasteiger partial charge in [-0.05, 0) is 61.9 Å². The van der Waals surface area contributed by atoms with Gasteiger partial charge in [0.1, 0.15) is 0 Å². The highest BCUT2D eigenvalue weighted by Gasteiger charge is 2.47. The Labute approximate surface area is 142 Å². The zero-order valence-corrected chi connectivity index (χ0v) is 14.2. The zero-order chi connectivity index (χ0) is 16.7. The lowest BCUT2D eigenvalue weighted by Crippen LogP contribution is -2.64. The summed E-state index contributed by atoms with van der Waals surface area (Å²) in [6, 6.07) is 12.8. The first-order valence-electron chi connectivity index (χ1n) is 8.75. The molecule has 0 radical (unpaired) electrons. The summed E-state index contributed by atoms with van der Waals surface area (Å²) in [6.45, 7) is 4.32. The molecule has 124 valence electrons. The van der Waals surface area contributed by atoms with E-state index < -0.39 is 0 Å². The van der Waals surface area contributed by atoms with Crippen LogP contribution in [0.15, 0.2) is 42.6 Å². The van der Waals surface area contributed by atoms with E-state index in [0.717, 1.165) is 28.9 Å². The maximum atomic E-state index is 12.7. The van der Waals surface area contributed by atoms with Crippen molar-refractivity contribution in [3.8, 4) is 11.3 Å². The first kappa shape index (κ1) is 15.2. The van der Waals surface area contributed by atoms with Gasteiger partial charge in [-0.15, -0.1) is 0 Å². The molecular weight excluding hydrogens is 298 g/mol. The Morgan fingerprint density at radius 2 is 2.12 bits per heavy atom. The molecule has 1 N–H and O–H groups in total. The third kappa shape index (κ3) is 2.56. The Morgan fingerprint density at radius 1 is 1.25 bits per heavy atom. The molecule has 1 aromatic heterocycles. The molecule has 0 aliphatic carbocycles. The summed E-state index contributed by atoms with van der Waals surface area (Å²) in [5.74, 6) is 0.614. The van der Waals surface area contributed by atoms with Crippen LogP contribution in [0.2, 0.25) is 0 Å². The van der Waals surface area contributed by atoms with Gasteiger partial charge in [-0.3, -0.25) is 4.98 Å². The third-order valence-corrected chi connectivity index (χ3v) is 5.54. The van der Waals surface area contributed by atoms with Gasteiger partial charge < -0.3 is 10.2 Å². The molecule has 2 bridgehead atoms. The smallest absolute Gasteiger partial charge is 0.318 e. The molecular formula is C20H23N3O. The van der Waals surface area contributed by atoms with Crippen molar-refractivity contribution >= 4 is 11.7 Å². The molecule has 2 saturated heterocycles. The number of benzene rings is 1. The van der Waals surface area contributed by atoms with Crippen LogP contribution in [0.1, 0.15) is 31.7 Å². The van der Waals surface area contributed by atoms with Gasteiger partial charge >= 0.3 is 6.03 Å². The number of piperidine rings is 1. The minimum Gasteiger partial charge on any atom is -0.318 e. The number of pyridine rings is 1. The maximum absolute atomic E-state index is 12.7. The average molecular weight is 321 g/mol. The molecule has 2 amide bonds. The number of carbonyl (C=O) groups excluding carboxylic acids is 1. The van der Waals surface area contributed by atoms with Crippen molar-refractivity contribution in [2.45, 2.75) is 45.2 Å². The average Bonchev–Trinajstić information content (AvgIpc) is 2.57. The van der Waals surface area contributed by atoms with E-state index in [1.807, 2.05) is 36.4 Å². The Hall–Kier alpha value is -2.36. The Kier molecular flexibility index (Phi) is 3.75. The molecule has 2 fully saturated rings. The van der Waals surface area contributed by atoms with E-state index in [-0.39, 0.29) is 6.03 Å². The lowest BCUT2D eigenvalue weighted by atomic mass is 9.73. The second-order valence-corrected chi connectivity index (χ2v) is 7.09. The van der Waals surface area contributed by atoms with Crippen LogP contribution >= 0.6 is 0 Å². The number of anilines is 1. The second-order valence-electron chi connectivity index (χ2n) is 7.09. The standard InChI is InChI=1S/C20H23N3O/c1-13-6-8-15(11-17(13)18-5-3-4-10-21-18)22-20(24)23-16-9-7-14(2)19(23)12-16/h3-6,8,10-11,14,16,19H,7,9,12H2,1-2H3,(H,22,24). The molecule has 2 aliphatic rings. The SMILES string of the molecule is Cc1ccc(NC(=O)N2C3CCC(C)C2C3)cc1-c1ccccn1. The van der Waals surface area contributed by atoms with Crippen molar-refractivity contribution in [3.63, 3.8) is 0 Å². The Balaban J connectivity index is 1.54. The molecule has 3 unspecified atom stereocenters. The normalized spacial score (nSPS) is 25.1. The number of aryl methyl sites for hydroxylation is 1. The number of aromatic nitrogens is 1. The largest absolute Gasteiger partial charge is 0.322 e. The molecule has 4 rings (SSSR count). The summed E-state index contributed by atoms with van der Waals surface area (Å²) < 4.78 is 0. The van der Waals surface area contributed by atoms with Crippen molar-refractivity contribution in [3.05, 3.63) is 48.2 Å². The highest BCUT2D eigenvalue weighted by Crippen LogP contribution is 2.42. The highest BCUT2D eigenvalue weighted by atomic mass is 16.2. The lowest BCUT2D eigenvalue weighted by molar-refractivity contribution is -0.0178. The van der Waals surface area contributed by atoms with Gasteiger partial charge in [0.15, 0.2) is 0 Å². The summed E-state index contributed by atoms with van der Waals surface area (Å²) in [4.78, 5) is 19.2. The van der Waals surface area contributed by atoms with Gasteiger partial charge in [0.05, 0.1) is 5.69 Å². The van der Waals surface area contributed by atoms with E-state index in [9.17, 15) is 4.79 Å². The topological polar surface area (TPSA) is 45.2 Å². The molecule has 0 spiro atoms. The number of hydrogen-bond acceptors (Lipinski definition) is 2. The number of nitrogens with zero attached hydrogens (tertiary/aromatic N) is 2. The fourth-order valence-corrected chi connectivity index (χ4v) is 4.05. The minimum atomic E-state index is 0.0404. The first-order valence-corrected chi connectivity index (χ1v) is 8.75. The van der Waals surface area contributed by atoms with Gasteiger partial charge in [-0.2, -0.15) is 0 Å². The summed E-state index contributed by atoms with van der Waals surface area (Å²) in [5.41, 5.74) is 3.98.